The molecule has 0 bridgehead atoms. The zero-order valence-corrected chi connectivity index (χ0v) is 19.8. The highest BCUT2D eigenvalue weighted by molar-refractivity contribution is 6.51. The third-order valence-corrected chi connectivity index (χ3v) is 6.33. The molecule has 1 N–H and O–H groups in total. The summed E-state index contributed by atoms with van der Waals surface area (Å²) in [7, 11) is 1.49. The summed E-state index contributed by atoms with van der Waals surface area (Å²) in [6, 6.07) is 16.4. The lowest BCUT2D eigenvalue weighted by molar-refractivity contribution is -0.132. The van der Waals surface area contributed by atoms with Crippen molar-refractivity contribution in [1.82, 2.24) is 0 Å². The van der Waals surface area contributed by atoms with E-state index in [1.165, 1.54) is 12.0 Å². The smallest absolute Gasteiger partial charge is 0.300 e. The van der Waals surface area contributed by atoms with Gasteiger partial charge in [0.1, 0.15) is 24.7 Å². The predicted molar refractivity (Wildman–Crippen MR) is 131 cm³/mol. The van der Waals surface area contributed by atoms with Gasteiger partial charge >= 0.3 is 0 Å². The van der Waals surface area contributed by atoms with E-state index in [0.717, 1.165) is 5.56 Å². The number of aliphatic hydroxyl groups is 1. The molecule has 3 aromatic rings. The van der Waals surface area contributed by atoms with Crippen molar-refractivity contribution in [2.45, 2.75) is 13.0 Å². The normalized spacial score (nSPS) is 18.6. The summed E-state index contributed by atoms with van der Waals surface area (Å²) in [5.74, 6) is -0.406. The molecular weight excluding hydrogens is 470 g/mol. The SMILES string of the molecule is COc1ccc(N2C(=O)C(=O)/C(=C(\O)c3ccc4c(c3)OCCO4)C2c2cccc(C)c2)cc1Cl. The summed E-state index contributed by atoms with van der Waals surface area (Å²) >= 11 is 6.34. The summed E-state index contributed by atoms with van der Waals surface area (Å²) in [5, 5.41) is 11.6. The number of benzene rings is 3. The first-order valence-corrected chi connectivity index (χ1v) is 11.4. The first kappa shape index (κ1) is 22.8. The molecule has 2 heterocycles. The fourth-order valence-corrected chi connectivity index (χ4v) is 4.66. The second-order valence-electron chi connectivity index (χ2n) is 8.26. The lowest BCUT2D eigenvalue weighted by Gasteiger charge is -2.26. The van der Waals surface area contributed by atoms with Crippen LogP contribution < -0.4 is 19.1 Å². The summed E-state index contributed by atoms with van der Waals surface area (Å²) in [6.07, 6.45) is 0. The molecular formula is C27H22ClNO6. The molecule has 0 spiro atoms. The van der Waals surface area contributed by atoms with E-state index in [4.69, 9.17) is 25.8 Å². The number of anilines is 1. The van der Waals surface area contributed by atoms with Crippen LogP contribution in [-0.2, 0) is 9.59 Å². The second kappa shape index (κ2) is 9.00. The van der Waals surface area contributed by atoms with Gasteiger partial charge in [0, 0.05) is 11.3 Å². The van der Waals surface area contributed by atoms with Crippen LogP contribution in [0.15, 0.2) is 66.2 Å². The maximum Gasteiger partial charge on any atom is 0.300 e. The minimum absolute atomic E-state index is 0.0239. The van der Waals surface area contributed by atoms with Gasteiger partial charge < -0.3 is 19.3 Å². The fraction of sp³-hybridized carbons (Fsp3) is 0.185. The molecule has 0 aliphatic carbocycles. The third kappa shape index (κ3) is 3.98. The average molecular weight is 492 g/mol. The van der Waals surface area contributed by atoms with Gasteiger partial charge in [-0.3, -0.25) is 14.5 Å². The van der Waals surface area contributed by atoms with Crippen LogP contribution in [-0.4, -0.2) is 37.1 Å². The van der Waals surface area contributed by atoms with Crippen molar-refractivity contribution in [3.63, 3.8) is 0 Å². The van der Waals surface area contributed by atoms with E-state index in [-0.39, 0.29) is 11.3 Å². The van der Waals surface area contributed by atoms with E-state index >= 15 is 0 Å². The number of methoxy groups -OCH3 is 1. The molecule has 1 unspecified atom stereocenters. The maximum atomic E-state index is 13.3. The van der Waals surface area contributed by atoms with E-state index in [0.29, 0.717) is 52.3 Å². The van der Waals surface area contributed by atoms with Crippen molar-refractivity contribution in [2.75, 3.05) is 25.2 Å². The van der Waals surface area contributed by atoms with Crippen LogP contribution in [0.25, 0.3) is 5.76 Å². The third-order valence-electron chi connectivity index (χ3n) is 6.03. The van der Waals surface area contributed by atoms with Gasteiger partial charge in [-0.05, 0) is 48.9 Å². The number of hydrogen-bond donors (Lipinski definition) is 1. The number of carbonyl (C=O) groups excluding carboxylic acids is 2. The molecule has 1 fully saturated rings. The summed E-state index contributed by atoms with van der Waals surface area (Å²) in [6.45, 7) is 2.73. The predicted octanol–water partition coefficient (Wildman–Crippen LogP) is 5.05. The Morgan fingerprint density at radius 3 is 2.51 bits per heavy atom. The van der Waals surface area contributed by atoms with E-state index in [2.05, 4.69) is 0 Å². The van der Waals surface area contributed by atoms with Crippen molar-refractivity contribution in [1.29, 1.82) is 0 Å². The Balaban J connectivity index is 1.69. The van der Waals surface area contributed by atoms with Gasteiger partial charge in [-0.1, -0.05) is 41.4 Å². The number of nitrogens with zero attached hydrogens (tertiary/aromatic N) is 1. The monoisotopic (exact) mass is 491 g/mol. The minimum atomic E-state index is -0.868. The number of aliphatic hydroxyl groups excluding tert-OH is 1. The number of Topliss-reactive ketones (excluding diaryl/α,β-unsaturated/α-hetero) is 1. The molecule has 0 radical (unpaired) electrons. The quantitative estimate of drug-likeness (QED) is 0.312. The molecule has 8 heteroatoms. The van der Waals surface area contributed by atoms with Crippen LogP contribution in [0, 0.1) is 6.92 Å². The van der Waals surface area contributed by atoms with Crippen LogP contribution in [0.3, 0.4) is 0 Å². The number of rotatable bonds is 4. The Labute approximate surface area is 207 Å². The van der Waals surface area contributed by atoms with E-state index in [1.807, 2.05) is 31.2 Å². The van der Waals surface area contributed by atoms with Gasteiger partial charge in [0.2, 0.25) is 0 Å². The van der Waals surface area contributed by atoms with Gasteiger partial charge in [0.05, 0.1) is 23.7 Å². The molecule has 1 atom stereocenters. The molecule has 3 aromatic carbocycles. The highest BCUT2D eigenvalue weighted by Crippen LogP contribution is 2.44. The Bertz CT molecular complexity index is 1380. The lowest BCUT2D eigenvalue weighted by Crippen LogP contribution is -2.29. The maximum absolute atomic E-state index is 13.3. The largest absolute Gasteiger partial charge is 0.507 e. The zero-order chi connectivity index (χ0) is 24.7. The van der Waals surface area contributed by atoms with Crippen LogP contribution in [0.2, 0.25) is 5.02 Å². The number of carbonyl (C=O) groups is 2. The number of amides is 1. The van der Waals surface area contributed by atoms with Crippen molar-refractivity contribution in [3.8, 4) is 17.2 Å². The van der Waals surface area contributed by atoms with Gasteiger partial charge in [-0.15, -0.1) is 0 Å². The summed E-state index contributed by atoms with van der Waals surface area (Å²) in [4.78, 5) is 28.0. The number of hydrogen-bond acceptors (Lipinski definition) is 6. The van der Waals surface area contributed by atoms with E-state index in [1.54, 1.807) is 36.4 Å². The standard InChI is InChI=1S/C27H22ClNO6/c1-15-4-3-5-16(12-15)24-23(25(30)17-6-8-21-22(13-17)35-11-10-34-21)26(31)27(32)29(24)18-7-9-20(33-2)19(28)14-18/h3-9,12-14,24,30H,10-11H2,1-2H3/b25-23-. The van der Waals surface area contributed by atoms with E-state index in [9.17, 15) is 14.7 Å². The molecule has 0 saturated carbocycles. The Hall–Kier alpha value is -3.97. The van der Waals surface area contributed by atoms with Crippen molar-refractivity contribution >= 4 is 34.7 Å². The van der Waals surface area contributed by atoms with Gasteiger partial charge in [-0.25, -0.2) is 0 Å². The molecule has 1 amide bonds. The Morgan fingerprint density at radius 2 is 1.80 bits per heavy atom. The zero-order valence-electron chi connectivity index (χ0n) is 19.1. The fourth-order valence-electron chi connectivity index (χ4n) is 4.41. The second-order valence-corrected chi connectivity index (χ2v) is 8.67. The first-order chi connectivity index (χ1) is 16.9. The van der Waals surface area contributed by atoms with Gasteiger partial charge in [0.15, 0.2) is 11.5 Å². The molecule has 1 saturated heterocycles. The number of ketones is 1. The minimum Gasteiger partial charge on any atom is -0.507 e. The molecule has 2 aliphatic rings. The Morgan fingerprint density at radius 1 is 1.03 bits per heavy atom. The molecule has 5 rings (SSSR count). The number of halogens is 1. The van der Waals surface area contributed by atoms with Crippen LogP contribution in [0.4, 0.5) is 5.69 Å². The summed E-state index contributed by atoms with van der Waals surface area (Å²) in [5.41, 5.74) is 2.35. The highest BCUT2D eigenvalue weighted by atomic mass is 35.5. The summed E-state index contributed by atoms with van der Waals surface area (Å²) < 4.78 is 16.4. The van der Waals surface area contributed by atoms with E-state index < -0.39 is 17.7 Å². The molecule has 7 nitrogen and oxygen atoms in total. The molecule has 0 aromatic heterocycles. The molecule has 2 aliphatic heterocycles. The average Bonchev–Trinajstić information content (AvgIpc) is 3.13. The lowest BCUT2D eigenvalue weighted by atomic mass is 9.94. The van der Waals surface area contributed by atoms with Crippen molar-refractivity contribution < 1.29 is 28.9 Å². The first-order valence-electron chi connectivity index (χ1n) is 11.0. The number of fused-ring (bicyclic) bond motifs is 1. The van der Waals surface area contributed by atoms with Crippen LogP contribution in [0.5, 0.6) is 17.2 Å². The number of aryl methyl sites for hydroxylation is 1. The molecule has 178 valence electrons. The topological polar surface area (TPSA) is 85.3 Å². The Kier molecular flexibility index (Phi) is 5.86. The highest BCUT2D eigenvalue weighted by Gasteiger charge is 2.47. The number of ether oxygens (including phenoxy) is 3. The van der Waals surface area contributed by atoms with Gasteiger partial charge in [0.25, 0.3) is 11.7 Å². The van der Waals surface area contributed by atoms with Crippen LogP contribution >= 0.6 is 11.6 Å². The van der Waals surface area contributed by atoms with Crippen LogP contribution in [0.1, 0.15) is 22.7 Å². The van der Waals surface area contributed by atoms with Crippen molar-refractivity contribution in [2.24, 2.45) is 0 Å². The van der Waals surface area contributed by atoms with Crippen molar-refractivity contribution in [3.05, 3.63) is 87.9 Å². The van der Waals surface area contributed by atoms with Gasteiger partial charge in [-0.2, -0.15) is 0 Å². The molecule has 35 heavy (non-hydrogen) atoms.